The van der Waals surface area contributed by atoms with Gasteiger partial charge in [-0.2, -0.15) is 0 Å². The van der Waals surface area contributed by atoms with Crippen LogP contribution in [0.2, 0.25) is 0 Å². The van der Waals surface area contributed by atoms with E-state index < -0.39 is 0 Å². The summed E-state index contributed by atoms with van der Waals surface area (Å²) in [4.78, 5) is 16.6. The number of aryl methyl sites for hydroxylation is 1. The molecule has 3 nitrogen and oxygen atoms in total. The number of benzene rings is 2. The molecule has 1 aliphatic rings. The maximum Gasteiger partial charge on any atom is 0.244 e. The van der Waals surface area contributed by atoms with Gasteiger partial charge in [-0.25, -0.2) is 4.39 Å². The van der Waals surface area contributed by atoms with E-state index in [9.17, 15) is 9.18 Å². The van der Waals surface area contributed by atoms with E-state index in [1.807, 2.05) is 54.0 Å². The van der Waals surface area contributed by atoms with E-state index in [1.165, 1.54) is 6.07 Å². The third-order valence-corrected chi connectivity index (χ3v) is 4.52. The van der Waals surface area contributed by atoms with E-state index in [0.29, 0.717) is 18.7 Å². The largest absolute Gasteiger partial charge is 0.310 e. The molecule has 1 saturated heterocycles. The number of amides is 1. The van der Waals surface area contributed by atoms with Crippen LogP contribution in [0, 0.1) is 12.7 Å². The molecule has 1 amide bonds. The van der Waals surface area contributed by atoms with E-state index in [0.717, 1.165) is 17.8 Å². The van der Waals surface area contributed by atoms with Crippen LogP contribution in [0.3, 0.4) is 0 Å². The number of carbonyl (C=O) groups excluding carboxylic acids is 1. The quantitative estimate of drug-likeness (QED) is 0.867. The van der Waals surface area contributed by atoms with Crippen LogP contribution >= 0.6 is 0 Å². The molecule has 1 heterocycles. The maximum absolute atomic E-state index is 13.8. The van der Waals surface area contributed by atoms with Gasteiger partial charge in [0.15, 0.2) is 0 Å². The van der Waals surface area contributed by atoms with Crippen LogP contribution < -0.4 is 4.90 Å². The molecule has 23 heavy (non-hydrogen) atoms. The predicted molar refractivity (Wildman–Crippen MR) is 89.8 cm³/mol. The van der Waals surface area contributed by atoms with Gasteiger partial charge in [0.1, 0.15) is 5.82 Å². The van der Waals surface area contributed by atoms with Crippen molar-refractivity contribution in [2.75, 3.05) is 18.0 Å². The first kappa shape index (κ1) is 15.7. The molecule has 1 aliphatic heterocycles. The number of piperazine rings is 1. The summed E-state index contributed by atoms with van der Waals surface area (Å²) >= 11 is 0. The molecule has 0 N–H and O–H groups in total. The lowest BCUT2D eigenvalue weighted by molar-refractivity contribution is -0.125. The van der Waals surface area contributed by atoms with Crippen molar-refractivity contribution in [3.8, 4) is 0 Å². The fourth-order valence-electron chi connectivity index (χ4n) is 3.08. The normalized spacial score (nSPS) is 19.2. The van der Waals surface area contributed by atoms with E-state index in [1.54, 1.807) is 12.1 Å². The number of nitrogens with zero attached hydrogens (tertiary/aromatic N) is 2. The van der Waals surface area contributed by atoms with Gasteiger partial charge in [-0.15, -0.1) is 0 Å². The smallest absolute Gasteiger partial charge is 0.244 e. The number of rotatable bonds is 3. The van der Waals surface area contributed by atoms with Gasteiger partial charge >= 0.3 is 0 Å². The third kappa shape index (κ3) is 3.13. The molecule has 1 fully saturated rings. The lowest BCUT2D eigenvalue weighted by Crippen LogP contribution is -2.55. The second-order valence-electron chi connectivity index (χ2n) is 6.01. The summed E-state index contributed by atoms with van der Waals surface area (Å²) < 4.78 is 13.8. The van der Waals surface area contributed by atoms with Crippen molar-refractivity contribution in [3.05, 3.63) is 65.5 Å². The first-order valence-corrected chi connectivity index (χ1v) is 7.92. The summed E-state index contributed by atoms with van der Waals surface area (Å²) in [6, 6.07) is 14.4. The van der Waals surface area contributed by atoms with Crippen molar-refractivity contribution in [1.29, 1.82) is 0 Å². The van der Waals surface area contributed by atoms with Gasteiger partial charge in [-0.1, -0.05) is 36.4 Å². The molecule has 4 heteroatoms. The highest BCUT2D eigenvalue weighted by molar-refractivity contribution is 5.98. The zero-order chi connectivity index (χ0) is 16.4. The van der Waals surface area contributed by atoms with E-state index in [-0.39, 0.29) is 17.8 Å². The molecular weight excluding hydrogens is 291 g/mol. The molecule has 0 aromatic heterocycles. The van der Waals surface area contributed by atoms with Crippen molar-refractivity contribution in [1.82, 2.24) is 4.90 Å². The highest BCUT2D eigenvalue weighted by Gasteiger charge is 2.32. The second-order valence-corrected chi connectivity index (χ2v) is 6.01. The number of halogens is 1. The van der Waals surface area contributed by atoms with Gasteiger partial charge < -0.3 is 4.90 Å². The molecule has 0 unspecified atom stereocenters. The topological polar surface area (TPSA) is 23.6 Å². The van der Waals surface area contributed by atoms with E-state index in [2.05, 4.69) is 0 Å². The van der Waals surface area contributed by atoms with Crippen LogP contribution in [-0.2, 0) is 11.3 Å². The fourth-order valence-corrected chi connectivity index (χ4v) is 3.08. The Morgan fingerprint density at radius 2 is 1.78 bits per heavy atom. The number of anilines is 1. The van der Waals surface area contributed by atoms with Crippen molar-refractivity contribution in [2.45, 2.75) is 26.4 Å². The monoisotopic (exact) mass is 312 g/mol. The molecule has 0 aliphatic carbocycles. The average molecular weight is 312 g/mol. The molecule has 0 radical (unpaired) electrons. The van der Waals surface area contributed by atoms with Crippen molar-refractivity contribution in [3.63, 3.8) is 0 Å². The summed E-state index contributed by atoms with van der Waals surface area (Å²) in [7, 11) is 0. The van der Waals surface area contributed by atoms with Crippen molar-refractivity contribution < 1.29 is 9.18 Å². The summed E-state index contributed by atoms with van der Waals surface area (Å²) in [6.07, 6.45) is 0. The van der Waals surface area contributed by atoms with Crippen LogP contribution in [0.15, 0.2) is 48.5 Å². The van der Waals surface area contributed by atoms with Crippen LogP contribution in [-0.4, -0.2) is 29.9 Å². The first-order valence-electron chi connectivity index (χ1n) is 7.92. The predicted octanol–water partition coefficient (Wildman–Crippen LogP) is 3.37. The van der Waals surface area contributed by atoms with Gasteiger partial charge in [0.05, 0.1) is 6.04 Å². The Labute approximate surface area is 136 Å². The van der Waals surface area contributed by atoms with E-state index in [4.69, 9.17) is 0 Å². The Morgan fingerprint density at radius 1 is 1.09 bits per heavy atom. The van der Waals surface area contributed by atoms with Crippen LogP contribution in [0.5, 0.6) is 0 Å². The second kappa shape index (κ2) is 6.50. The third-order valence-electron chi connectivity index (χ3n) is 4.52. The Balaban J connectivity index is 1.77. The lowest BCUT2D eigenvalue weighted by Gasteiger charge is -2.39. The van der Waals surface area contributed by atoms with Crippen LogP contribution in [0.1, 0.15) is 18.1 Å². The minimum absolute atomic E-state index is 0.0712. The molecule has 0 saturated carbocycles. The Kier molecular flexibility index (Phi) is 4.44. The molecule has 0 spiro atoms. The molecule has 2 aromatic carbocycles. The molecule has 0 bridgehead atoms. The standard InChI is InChI=1S/C19H21FN2O/c1-14-7-3-6-10-18(14)22-12-11-21(15(2)19(22)23)13-16-8-4-5-9-17(16)20/h3-10,15H,11-13H2,1-2H3/t15-/m1/s1. The average Bonchev–Trinajstić information content (AvgIpc) is 2.55. The number of hydrogen-bond donors (Lipinski definition) is 0. The van der Waals surface area contributed by atoms with Crippen molar-refractivity contribution >= 4 is 11.6 Å². The summed E-state index contributed by atoms with van der Waals surface area (Å²) in [5, 5.41) is 0. The Morgan fingerprint density at radius 3 is 2.52 bits per heavy atom. The Hall–Kier alpha value is -2.20. The van der Waals surface area contributed by atoms with Gasteiger partial charge in [0, 0.05) is 30.9 Å². The van der Waals surface area contributed by atoms with Crippen molar-refractivity contribution in [2.24, 2.45) is 0 Å². The molecule has 120 valence electrons. The van der Waals surface area contributed by atoms with Crippen LogP contribution in [0.4, 0.5) is 10.1 Å². The highest BCUT2D eigenvalue weighted by Crippen LogP contribution is 2.25. The first-order chi connectivity index (χ1) is 11.1. The highest BCUT2D eigenvalue weighted by atomic mass is 19.1. The molecule has 2 aromatic rings. The van der Waals surface area contributed by atoms with Gasteiger partial charge in [0.25, 0.3) is 0 Å². The van der Waals surface area contributed by atoms with Crippen LogP contribution in [0.25, 0.3) is 0 Å². The Bertz CT molecular complexity index is 716. The number of para-hydroxylation sites is 1. The van der Waals surface area contributed by atoms with Gasteiger partial charge in [-0.3, -0.25) is 9.69 Å². The maximum atomic E-state index is 13.8. The zero-order valence-electron chi connectivity index (χ0n) is 13.5. The number of carbonyl (C=O) groups is 1. The summed E-state index contributed by atoms with van der Waals surface area (Å²) in [5.74, 6) is -0.143. The lowest BCUT2D eigenvalue weighted by atomic mass is 10.1. The number of hydrogen-bond acceptors (Lipinski definition) is 2. The minimum Gasteiger partial charge on any atom is -0.310 e. The summed E-state index contributed by atoms with van der Waals surface area (Å²) in [6.45, 7) is 5.73. The molecule has 3 rings (SSSR count). The fraction of sp³-hybridized carbons (Fsp3) is 0.316. The zero-order valence-corrected chi connectivity index (χ0v) is 13.5. The summed E-state index contributed by atoms with van der Waals surface area (Å²) in [5.41, 5.74) is 2.70. The van der Waals surface area contributed by atoms with Gasteiger partial charge in [-0.05, 0) is 31.5 Å². The minimum atomic E-state index is -0.261. The molecule has 1 atom stereocenters. The SMILES string of the molecule is Cc1ccccc1N1CCN(Cc2ccccc2F)[C@H](C)C1=O. The molecular formula is C19H21FN2O. The van der Waals surface area contributed by atoms with Gasteiger partial charge in [0.2, 0.25) is 5.91 Å². The van der Waals surface area contributed by atoms with E-state index >= 15 is 0 Å².